The molecule has 0 saturated heterocycles. The number of rotatable bonds is 9. The molecule has 0 aliphatic rings. The van der Waals surface area contributed by atoms with Crippen LogP contribution < -0.4 is 11.5 Å². The maximum Gasteiger partial charge on any atom is 0.131 e. The Balaban J connectivity index is 0.000000549. The first-order chi connectivity index (χ1) is 23.1. The number of aliphatic imine (C=N–C) groups is 3. The largest absolute Gasteiger partial charge is 0.398 e. The van der Waals surface area contributed by atoms with Crippen LogP contribution in [0.2, 0.25) is 0 Å². The molecule has 0 unspecified atom stereocenters. The van der Waals surface area contributed by atoms with Gasteiger partial charge in [0.25, 0.3) is 0 Å². The maximum atomic E-state index is 6.51. The van der Waals surface area contributed by atoms with Crippen molar-refractivity contribution in [3.63, 3.8) is 0 Å². The average molecular weight is 614 g/mol. The molecule has 0 spiro atoms. The predicted octanol–water partition coefficient (Wildman–Crippen LogP) is 8.61. The number of hydrogen-bond acceptors (Lipinski definition) is 4. The van der Waals surface area contributed by atoms with Gasteiger partial charge in [-0.3, -0.25) is 9.98 Å². The smallest absolute Gasteiger partial charge is 0.131 e. The van der Waals surface area contributed by atoms with E-state index in [1.807, 2.05) is 134 Å². The molecule has 0 amide bonds. The highest BCUT2D eigenvalue weighted by atomic mass is 15.0. The van der Waals surface area contributed by atoms with Gasteiger partial charge in [0.15, 0.2) is 0 Å². The van der Waals surface area contributed by atoms with Crippen LogP contribution in [-0.2, 0) is 6.54 Å². The molecule has 4 N–H and O–H groups in total. The van der Waals surface area contributed by atoms with Gasteiger partial charge in [-0.2, -0.15) is 0 Å². The second kappa shape index (κ2) is 16.8. The fourth-order valence-corrected chi connectivity index (χ4v) is 5.00. The van der Waals surface area contributed by atoms with Crippen LogP contribution in [0.4, 0.5) is 0 Å². The minimum Gasteiger partial charge on any atom is -0.398 e. The summed E-state index contributed by atoms with van der Waals surface area (Å²) in [5.41, 5.74) is 20.4. The van der Waals surface area contributed by atoms with E-state index in [0.29, 0.717) is 18.1 Å². The molecule has 0 radical (unpaired) electrons. The summed E-state index contributed by atoms with van der Waals surface area (Å²) in [5.74, 6) is 0.469. The number of hydrogen-bond donors (Lipinski definition) is 2. The van der Waals surface area contributed by atoms with E-state index in [4.69, 9.17) is 16.5 Å². The van der Waals surface area contributed by atoms with Crippen molar-refractivity contribution >= 4 is 34.2 Å². The Kier molecular flexibility index (Phi) is 11.6. The highest BCUT2D eigenvalue weighted by Gasteiger charge is 2.09. The molecule has 0 fully saturated rings. The molecule has 232 valence electrons. The first-order valence-electron chi connectivity index (χ1n) is 15.6. The second-order valence-electron chi connectivity index (χ2n) is 10.9. The maximum absolute atomic E-state index is 6.51. The van der Waals surface area contributed by atoms with Crippen molar-refractivity contribution < 1.29 is 0 Å². The molecular formula is C42H39N5. The lowest BCUT2D eigenvalue weighted by atomic mass is 9.99. The van der Waals surface area contributed by atoms with Crippen molar-refractivity contribution in [2.75, 3.05) is 6.67 Å². The zero-order valence-corrected chi connectivity index (χ0v) is 26.6. The highest BCUT2D eigenvalue weighted by molar-refractivity contribution is 6.12. The van der Waals surface area contributed by atoms with Gasteiger partial charge in [-0.1, -0.05) is 163 Å². The molecule has 0 bridgehead atoms. The molecular weight excluding hydrogens is 574 g/mol. The average Bonchev–Trinajstić information content (AvgIpc) is 3.13. The van der Waals surface area contributed by atoms with Crippen molar-refractivity contribution in [3.8, 4) is 0 Å². The zero-order valence-electron chi connectivity index (χ0n) is 26.6. The number of amidine groups is 1. The summed E-state index contributed by atoms with van der Waals surface area (Å²) < 4.78 is 0. The molecule has 0 atom stereocenters. The van der Waals surface area contributed by atoms with Gasteiger partial charge in [-0.25, -0.2) is 4.99 Å². The van der Waals surface area contributed by atoms with E-state index in [0.717, 1.165) is 44.3 Å². The molecule has 5 nitrogen and oxygen atoms in total. The van der Waals surface area contributed by atoms with Crippen LogP contribution >= 0.6 is 0 Å². The van der Waals surface area contributed by atoms with E-state index in [2.05, 4.69) is 53.3 Å². The summed E-state index contributed by atoms with van der Waals surface area (Å²) in [6.45, 7) is 2.78. The Morgan fingerprint density at radius 2 is 1.13 bits per heavy atom. The third kappa shape index (κ3) is 9.46. The van der Waals surface area contributed by atoms with Crippen LogP contribution in [0.5, 0.6) is 0 Å². The van der Waals surface area contributed by atoms with Crippen molar-refractivity contribution in [3.05, 3.63) is 197 Å². The molecule has 0 heterocycles. The van der Waals surface area contributed by atoms with E-state index in [1.54, 1.807) is 0 Å². The van der Waals surface area contributed by atoms with E-state index in [1.165, 1.54) is 5.56 Å². The van der Waals surface area contributed by atoms with Crippen molar-refractivity contribution in [1.29, 1.82) is 0 Å². The Morgan fingerprint density at radius 1 is 0.574 bits per heavy atom. The molecule has 0 aliphatic carbocycles. The summed E-state index contributed by atoms with van der Waals surface area (Å²) in [6.07, 6.45) is 3.81. The fraction of sp³-hybridized carbons (Fsp3) is 0.0714. The van der Waals surface area contributed by atoms with Gasteiger partial charge in [0.2, 0.25) is 0 Å². The minimum atomic E-state index is 0.238. The standard InChI is InChI=1S/C35H31N5.C7H8/c36-33(27-13-4-1-5-14-27)22-34(28-15-6-2-7-16-28)39-24-32-30(21-20-26-12-10-11-19-31(26)32)23-38-25-40-35(37)29-17-8-3-9-18-29;1-7-5-3-2-4-6-7/h1-23H,24-25,36H2,(H2,37,40);2-6H,1H3/b33-22-,38-23+,39-34?;. The van der Waals surface area contributed by atoms with E-state index in [9.17, 15) is 0 Å². The van der Waals surface area contributed by atoms with Crippen molar-refractivity contribution in [2.24, 2.45) is 26.4 Å². The number of aryl methyl sites for hydroxylation is 1. The lowest BCUT2D eigenvalue weighted by Crippen LogP contribution is -2.13. The van der Waals surface area contributed by atoms with Gasteiger partial charge in [-0.15, -0.1) is 0 Å². The summed E-state index contributed by atoms with van der Waals surface area (Å²) >= 11 is 0. The van der Waals surface area contributed by atoms with Crippen molar-refractivity contribution in [2.45, 2.75) is 13.5 Å². The van der Waals surface area contributed by atoms with Gasteiger partial charge in [0.1, 0.15) is 12.5 Å². The molecule has 0 aliphatic heterocycles. The Labute approximate surface area is 277 Å². The number of allylic oxidation sites excluding steroid dienone is 1. The van der Waals surface area contributed by atoms with Crippen LogP contribution in [0, 0.1) is 6.92 Å². The van der Waals surface area contributed by atoms with Gasteiger partial charge in [0, 0.05) is 17.5 Å². The molecule has 0 saturated carbocycles. The van der Waals surface area contributed by atoms with E-state index >= 15 is 0 Å². The predicted molar refractivity (Wildman–Crippen MR) is 200 cm³/mol. The van der Waals surface area contributed by atoms with E-state index in [-0.39, 0.29) is 6.67 Å². The lowest BCUT2D eigenvalue weighted by molar-refractivity contribution is 1.06. The monoisotopic (exact) mass is 613 g/mol. The number of nitrogens with two attached hydrogens (primary N) is 2. The molecule has 6 rings (SSSR count). The van der Waals surface area contributed by atoms with Crippen LogP contribution in [0.1, 0.15) is 33.4 Å². The molecule has 6 aromatic carbocycles. The Bertz CT molecular complexity index is 1980. The number of fused-ring (bicyclic) bond motifs is 1. The molecule has 6 aromatic rings. The van der Waals surface area contributed by atoms with Gasteiger partial charge < -0.3 is 11.5 Å². The SMILES string of the molecule is Cc1ccccc1.N/C(=C\C(=NCc1c(/C=N/C/N=C(\N)c2ccccc2)ccc2ccccc12)c1ccccc1)c1ccccc1. The number of nitrogens with zero attached hydrogens (tertiary/aromatic N) is 3. The quantitative estimate of drug-likeness (QED) is 0.126. The third-order valence-corrected chi connectivity index (χ3v) is 7.52. The van der Waals surface area contributed by atoms with Gasteiger partial charge >= 0.3 is 0 Å². The molecule has 5 heteroatoms. The zero-order chi connectivity index (χ0) is 32.7. The van der Waals surface area contributed by atoms with Crippen molar-refractivity contribution in [1.82, 2.24) is 0 Å². The fourth-order valence-electron chi connectivity index (χ4n) is 5.00. The molecule has 47 heavy (non-hydrogen) atoms. The third-order valence-electron chi connectivity index (χ3n) is 7.52. The Morgan fingerprint density at radius 3 is 1.74 bits per heavy atom. The summed E-state index contributed by atoms with van der Waals surface area (Å²) in [5, 5.41) is 2.28. The van der Waals surface area contributed by atoms with Crippen LogP contribution in [0.25, 0.3) is 16.5 Å². The van der Waals surface area contributed by atoms with Gasteiger partial charge in [0.05, 0.1) is 12.3 Å². The minimum absolute atomic E-state index is 0.238. The topological polar surface area (TPSA) is 89.1 Å². The van der Waals surface area contributed by atoms with Crippen LogP contribution in [0.15, 0.2) is 179 Å². The lowest BCUT2D eigenvalue weighted by Gasteiger charge is -2.11. The van der Waals surface area contributed by atoms with Crippen LogP contribution in [0.3, 0.4) is 0 Å². The second-order valence-corrected chi connectivity index (χ2v) is 10.9. The summed E-state index contributed by atoms with van der Waals surface area (Å²) in [4.78, 5) is 14.1. The first kappa shape index (κ1) is 32.3. The summed E-state index contributed by atoms with van der Waals surface area (Å²) in [6, 6.07) is 52.5. The van der Waals surface area contributed by atoms with Crippen LogP contribution in [-0.4, -0.2) is 24.4 Å². The molecule has 0 aromatic heterocycles. The highest BCUT2D eigenvalue weighted by Crippen LogP contribution is 2.23. The Hall–Kier alpha value is -6.07. The first-order valence-corrected chi connectivity index (χ1v) is 15.6. The van der Waals surface area contributed by atoms with E-state index < -0.39 is 0 Å². The summed E-state index contributed by atoms with van der Waals surface area (Å²) in [7, 11) is 0. The van der Waals surface area contributed by atoms with Gasteiger partial charge in [-0.05, 0) is 46.0 Å². The number of benzene rings is 6. The normalized spacial score (nSPS) is 12.1.